The minimum atomic E-state index is -0.652. The second-order valence-corrected chi connectivity index (χ2v) is 3.87. The lowest BCUT2D eigenvalue weighted by atomic mass is 10.1. The molecule has 0 radical (unpaired) electrons. The van der Waals surface area contributed by atoms with Gasteiger partial charge in [-0.2, -0.15) is 0 Å². The average Bonchev–Trinajstić information content (AvgIpc) is 2.22. The fourth-order valence-corrected chi connectivity index (χ4v) is 1.41. The van der Waals surface area contributed by atoms with Gasteiger partial charge in [-0.05, 0) is 38.1 Å². The maximum atomic E-state index is 13.1. The molecule has 1 aromatic rings. The fraction of sp³-hybridized carbons (Fsp3) is 0.500. The molecule has 0 spiro atoms. The Labute approximate surface area is 94.6 Å². The van der Waals surface area contributed by atoms with Gasteiger partial charge in [0.2, 0.25) is 0 Å². The molecule has 0 aromatic heterocycles. The largest absolute Gasteiger partial charge is 0.491 e. The molecule has 0 aliphatic heterocycles. The first-order valence-corrected chi connectivity index (χ1v) is 5.36. The van der Waals surface area contributed by atoms with E-state index >= 15 is 0 Å². The second kappa shape index (κ2) is 6.43. The second-order valence-electron chi connectivity index (χ2n) is 3.87. The maximum absolute atomic E-state index is 13.1. The van der Waals surface area contributed by atoms with E-state index in [0.717, 1.165) is 19.0 Å². The van der Waals surface area contributed by atoms with E-state index in [1.807, 2.05) is 7.05 Å². The molecule has 0 amide bonds. The zero-order valence-electron chi connectivity index (χ0n) is 9.59. The molecule has 4 heteroatoms. The van der Waals surface area contributed by atoms with Gasteiger partial charge in [0.1, 0.15) is 5.82 Å². The van der Waals surface area contributed by atoms with Crippen molar-refractivity contribution in [3.05, 3.63) is 29.8 Å². The standard InChI is InChI=1S/C12H17F2NO/c1-9(8-15-2)5-6-16-12-4-3-10(13)7-11(12)14/h3-4,7,9,15H,5-6,8H2,1-2H3. The van der Waals surface area contributed by atoms with E-state index in [2.05, 4.69) is 12.2 Å². The summed E-state index contributed by atoms with van der Waals surface area (Å²) in [5.41, 5.74) is 0. The minimum absolute atomic E-state index is 0.109. The van der Waals surface area contributed by atoms with Crippen LogP contribution in [0.15, 0.2) is 18.2 Å². The molecule has 1 unspecified atom stereocenters. The summed E-state index contributed by atoms with van der Waals surface area (Å²) < 4.78 is 31.0. The van der Waals surface area contributed by atoms with Crippen LogP contribution in [-0.2, 0) is 0 Å². The zero-order valence-corrected chi connectivity index (χ0v) is 9.59. The van der Waals surface area contributed by atoms with Crippen LogP contribution >= 0.6 is 0 Å². The van der Waals surface area contributed by atoms with Crippen LogP contribution < -0.4 is 10.1 Å². The lowest BCUT2D eigenvalue weighted by molar-refractivity contribution is 0.270. The fourth-order valence-electron chi connectivity index (χ4n) is 1.41. The predicted molar refractivity (Wildman–Crippen MR) is 59.6 cm³/mol. The molecule has 90 valence electrons. The molecule has 1 rings (SSSR count). The molecule has 0 fully saturated rings. The number of halogens is 2. The molecule has 0 aliphatic carbocycles. The van der Waals surface area contributed by atoms with Crippen LogP contribution in [0.3, 0.4) is 0 Å². The highest BCUT2D eigenvalue weighted by Gasteiger charge is 2.06. The molecule has 16 heavy (non-hydrogen) atoms. The smallest absolute Gasteiger partial charge is 0.167 e. The van der Waals surface area contributed by atoms with Gasteiger partial charge in [0, 0.05) is 6.07 Å². The summed E-state index contributed by atoms with van der Waals surface area (Å²) in [5, 5.41) is 3.06. The van der Waals surface area contributed by atoms with E-state index in [1.54, 1.807) is 0 Å². The van der Waals surface area contributed by atoms with Crippen LogP contribution in [0.2, 0.25) is 0 Å². The Bertz CT molecular complexity index is 331. The quantitative estimate of drug-likeness (QED) is 0.809. The zero-order chi connectivity index (χ0) is 12.0. The van der Waals surface area contributed by atoms with E-state index in [1.165, 1.54) is 12.1 Å². The Balaban J connectivity index is 2.37. The van der Waals surface area contributed by atoms with Crippen LogP contribution in [0.5, 0.6) is 5.75 Å². The van der Waals surface area contributed by atoms with Gasteiger partial charge in [-0.25, -0.2) is 8.78 Å². The molecule has 2 nitrogen and oxygen atoms in total. The Hall–Kier alpha value is -1.16. The molecular formula is C12H17F2NO. The van der Waals surface area contributed by atoms with Crippen LogP contribution in [0.4, 0.5) is 8.78 Å². The minimum Gasteiger partial charge on any atom is -0.491 e. The van der Waals surface area contributed by atoms with Crippen LogP contribution in [-0.4, -0.2) is 20.2 Å². The number of ether oxygens (including phenoxy) is 1. The molecule has 1 atom stereocenters. The van der Waals surface area contributed by atoms with Gasteiger partial charge >= 0.3 is 0 Å². The van der Waals surface area contributed by atoms with Crippen molar-refractivity contribution in [3.8, 4) is 5.75 Å². The molecule has 0 bridgehead atoms. The lowest BCUT2D eigenvalue weighted by Gasteiger charge is -2.12. The van der Waals surface area contributed by atoms with E-state index in [0.29, 0.717) is 12.5 Å². The van der Waals surface area contributed by atoms with Crippen molar-refractivity contribution in [2.45, 2.75) is 13.3 Å². The van der Waals surface area contributed by atoms with Gasteiger partial charge in [0.25, 0.3) is 0 Å². The summed E-state index contributed by atoms with van der Waals surface area (Å²) in [4.78, 5) is 0. The highest BCUT2D eigenvalue weighted by atomic mass is 19.1. The molecule has 0 heterocycles. The van der Waals surface area contributed by atoms with Gasteiger partial charge in [-0.1, -0.05) is 6.92 Å². The summed E-state index contributed by atoms with van der Waals surface area (Å²) in [6.45, 7) is 3.42. The van der Waals surface area contributed by atoms with Crippen molar-refractivity contribution in [2.75, 3.05) is 20.2 Å². The first kappa shape index (κ1) is 12.9. The van der Waals surface area contributed by atoms with Crippen LogP contribution in [0.1, 0.15) is 13.3 Å². The van der Waals surface area contributed by atoms with Gasteiger partial charge in [-0.15, -0.1) is 0 Å². The van der Waals surface area contributed by atoms with Crippen molar-refractivity contribution in [1.82, 2.24) is 5.32 Å². The molecule has 0 saturated heterocycles. The van der Waals surface area contributed by atoms with Crippen molar-refractivity contribution in [2.24, 2.45) is 5.92 Å². The van der Waals surface area contributed by atoms with Gasteiger partial charge in [-0.3, -0.25) is 0 Å². The molecule has 0 aliphatic rings. The number of nitrogens with one attached hydrogen (secondary N) is 1. The number of hydrogen-bond acceptors (Lipinski definition) is 2. The monoisotopic (exact) mass is 229 g/mol. The van der Waals surface area contributed by atoms with Crippen LogP contribution in [0.25, 0.3) is 0 Å². The van der Waals surface area contributed by atoms with Gasteiger partial charge in [0.15, 0.2) is 11.6 Å². The third-order valence-corrected chi connectivity index (χ3v) is 2.31. The predicted octanol–water partition coefficient (Wildman–Crippen LogP) is 2.59. The van der Waals surface area contributed by atoms with Crippen molar-refractivity contribution in [3.63, 3.8) is 0 Å². The van der Waals surface area contributed by atoms with Crippen molar-refractivity contribution < 1.29 is 13.5 Å². The first-order valence-electron chi connectivity index (χ1n) is 5.36. The van der Waals surface area contributed by atoms with Crippen molar-refractivity contribution >= 4 is 0 Å². The van der Waals surface area contributed by atoms with Crippen molar-refractivity contribution in [1.29, 1.82) is 0 Å². The average molecular weight is 229 g/mol. The summed E-state index contributed by atoms with van der Waals surface area (Å²) in [6, 6.07) is 3.33. The topological polar surface area (TPSA) is 21.3 Å². The Kier molecular flexibility index (Phi) is 5.19. The third-order valence-electron chi connectivity index (χ3n) is 2.31. The highest BCUT2D eigenvalue weighted by molar-refractivity contribution is 5.24. The van der Waals surface area contributed by atoms with E-state index in [-0.39, 0.29) is 5.75 Å². The molecular weight excluding hydrogens is 212 g/mol. The number of rotatable bonds is 6. The van der Waals surface area contributed by atoms with Crippen LogP contribution in [0, 0.1) is 17.6 Å². The first-order chi connectivity index (χ1) is 7.63. The highest BCUT2D eigenvalue weighted by Crippen LogP contribution is 2.18. The Morgan fingerprint density at radius 1 is 1.38 bits per heavy atom. The normalized spacial score (nSPS) is 12.5. The molecule has 1 aromatic carbocycles. The lowest BCUT2D eigenvalue weighted by Crippen LogP contribution is -2.18. The SMILES string of the molecule is CNCC(C)CCOc1ccc(F)cc1F. The number of benzene rings is 1. The number of hydrogen-bond donors (Lipinski definition) is 1. The summed E-state index contributed by atoms with van der Waals surface area (Å²) in [5.74, 6) is -0.666. The van der Waals surface area contributed by atoms with E-state index in [9.17, 15) is 8.78 Å². The van der Waals surface area contributed by atoms with E-state index < -0.39 is 11.6 Å². The van der Waals surface area contributed by atoms with Gasteiger partial charge in [0.05, 0.1) is 6.61 Å². The Morgan fingerprint density at radius 3 is 2.75 bits per heavy atom. The molecule has 1 N–H and O–H groups in total. The molecule has 0 saturated carbocycles. The van der Waals surface area contributed by atoms with Gasteiger partial charge < -0.3 is 10.1 Å². The summed E-state index contributed by atoms with van der Waals surface area (Å²) in [7, 11) is 1.89. The Morgan fingerprint density at radius 2 is 2.12 bits per heavy atom. The maximum Gasteiger partial charge on any atom is 0.167 e. The summed E-state index contributed by atoms with van der Waals surface area (Å²) >= 11 is 0. The third kappa shape index (κ3) is 4.14. The van der Waals surface area contributed by atoms with E-state index in [4.69, 9.17) is 4.74 Å². The summed E-state index contributed by atoms with van der Waals surface area (Å²) in [6.07, 6.45) is 0.831.